The van der Waals surface area contributed by atoms with Crippen LogP contribution in [0.3, 0.4) is 0 Å². The molecule has 0 saturated carbocycles. The molecule has 0 aliphatic carbocycles. The molecule has 2 rings (SSSR count). The van der Waals surface area contributed by atoms with Gasteiger partial charge in [-0.1, -0.05) is 6.92 Å². The van der Waals surface area contributed by atoms with Gasteiger partial charge >= 0.3 is 0 Å². The molecule has 1 aromatic rings. The van der Waals surface area contributed by atoms with E-state index >= 15 is 0 Å². The average molecular weight is 269 g/mol. The lowest BCUT2D eigenvalue weighted by Gasteiger charge is -2.26. The lowest BCUT2D eigenvalue weighted by atomic mass is 10.1. The van der Waals surface area contributed by atoms with E-state index in [1.165, 1.54) is 30.6 Å². The highest BCUT2D eigenvalue weighted by atomic mass is 79.9. The summed E-state index contributed by atoms with van der Waals surface area (Å²) in [6.45, 7) is 5.56. The van der Waals surface area contributed by atoms with Crippen molar-refractivity contribution in [3.05, 3.63) is 22.3 Å². The van der Waals surface area contributed by atoms with Crippen LogP contribution in [0.5, 0.6) is 0 Å². The molecule has 1 atom stereocenters. The number of hydrogen-bond donors (Lipinski definition) is 0. The maximum atomic E-state index is 4.54. The van der Waals surface area contributed by atoms with Gasteiger partial charge in [-0.05, 0) is 53.7 Å². The summed E-state index contributed by atoms with van der Waals surface area (Å²) < 4.78 is 1.07. The number of hydrogen-bond acceptors (Lipinski definition) is 2. The Morgan fingerprint density at radius 3 is 3.07 bits per heavy atom. The maximum absolute atomic E-state index is 4.54. The van der Waals surface area contributed by atoms with Crippen molar-refractivity contribution in [2.24, 2.45) is 0 Å². The fourth-order valence-electron chi connectivity index (χ4n) is 2.37. The van der Waals surface area contributed by atoms with E-state index in [9.17, 15) is 0 Å². The predicted octanol–water partition coefficient (Wildman–Crippen LogP) is 3.53. The number of nitrogens with zero attached hydrogens (tertiary/aromatic N) is 2. The molecule has 15 heavy (non-hydrogen) atoms. The monoisotopic (exact) mass is 268 g/mol. The lowest BCUT2D eigenvalue weighted by molar-refractivity contribution is 0.639. The SMILES string of the molecule is CCC1CCCN1c1ncc(Br)cc1C. The molecule has 0 aromatic carbocycles. The summed E-state index contributed by atoms with van der Waals surface area (Å²) in [6.07, 6.45) is 5.73. The molecule has 1 saturated heterocycles. The largest absolute Gasteiger partial charge is 0.353 e. The number of aromatic nitrogens is 1. The zero-order valence-electron chi connectivity index (χ0n) is 9.33. The zero-order valence-corrected chi connectivity index (χ0v) is 10.9. The quantitative estimate of drug-likeness (QED) is 0.816. The number of pyridine rings is 1. The van der Waals surface area contributed by atoms with Crippen molar-refractivity contribution in [1.82, 2.24) is 4.98 Å². The summed E-state index contributed by atoms with van der Waals surface area (Å²) in [5, 5.41) is 0. The van der Waals surface area contributed by atoms with E-state index in [1.54, 1.807) is 0 Å². The average Bonchev–Trinajstić information content (AvgIpc) is 2.65. The van der Waals surface area contributed by atoms with Crippen molar-refractivity contribution in [1.29, 1.82) is 0 Å². The van der Waals surface area contributed by atoms with Crippen molar-refractivity contribution in [3.63, 3.8) is 0 Å². The van der Waals surface area contributed by atoms with Gasteiger partial charge in [0.1, 0.15) is 5.82 Å². The second-order valence-electron chi connectivity index (χ2n) is 4.19. The Balaban J connectivity index is 2.28. The molecular formula is C12H17BrN2. The van der Waals surface area contributed by atoms with E-state index in [0.29, 0.717) is 6.04 Å². The topological polar surface area (TPSA) is 16.1 Å². The first kappa shape index (κ1) is 10.9. The number of aryl methyl sites for hydroxylation is 1. The van der Waals surface area contributed by atoms with Gasteiger partial charge in [0.05, 0.1) is 0 Å². The second kappa shape index (κ2) is 4.52. The van der Waals surface area contributed by atoms with Crippen molar-refractivity contribution < 1.29 is 0 Å². The van der Waals surface area contributed by atoms with Crippen LogP contribution >= 0.6 is 15.9 Å². The van der Waals surface area contributed by atoms with Gasteiger partial charge in [-0.3, -0.25) is 0 Å². The Hall–Kier alpha value is -0.570. The zero-order chi connectivity index (χ0) is 10.8. The van der Waals surface area contributed by atoms with Gasteiger partial charge in [0.15, 0.2) is 0 Å². The molecule has 82 valence electrons. The van der Waals surface area contributed by atoms with E-state index < -0.39 is 0 Å². The van der Waals surface area contributed by atoms with Crippen molar-refractivity contribution >= 4 is 21.7 Å². The van der Waals surface area contributed by atoms with Crippen molar-refractivity contribution in [2.75, 3.05) is 11.4 Å². The van der Waals surface area contributed by atoms with E-state index in [0.717, 1.165) is 11.0 Å². The van der Waals surface area contributed by atoms with Crippen LogP contribution in [0.4, 0.5) is 5.82 Å². The molecule has 1 aliphatic rings. The number of halogens is 1. The first-order valence-electron chi connectivity index (χ1n) is 5.61. The van der Waals surface area contributed by atoms with Gasteiger partial charge in [-0.25, -0.2) is 4.98 Å². The Morgan fingerprint density at radius 2 is 2.40 bits per heavy atom. The fraction of sp³-hybridized carbons (Fsp3) is 0.583. The van der Waals surface area contributed by atoms with Crippen LogP contribution in [-0.4, -0.2) is 17.6 Å². The lowest BCUT2D eigenvalue weighted by Crippen LogP contribution is -2.29. The first-order chi connectivity index (χ1) is 7.22. The third-order valence-corrected chi connectivity index (χ3v) is 3.57. The maximum Gasteiger partial charge on any atom is 0.131 e. The Labute approximate surface area is 99.8 Å². The van der Waals surface area contributed by atoms with Gasteiger partial charge in [0, 0.05) is 23.3 Å². The van der Waals surface area contributed by atoms with Crippen LogP contribution in [0.1, 0.15) is 31.7 Å². The minimum Gasteiger partial charge on any atom is -0.353 e. The molecule has 1 aromatic heterocycles. The fourth-order valence-corrected chi connectivity index (χ4v) is 2.82. The van der Waals surface area contributed by atoms with E-state index in [4.69, 9.17) is 0 Å². The summed E-state index contributed by atoms with van der Waals surface area (Å²) >= 11 is 3.46. The molecule has 0 N–H and O–H groups in total. The predicted molar refractivity (Wildman–Crippen MR) is 67.3 cm³/mol. The Morgan fingerprint density at radius 1 is 1.60 bits per heavy atom. The van der Waals surface area contributed by atoms with E-state index in [2.05, 4.69) is 45.7 Å². The third kappa shape index (κ3) is 2.17. The van der Waals surface area contributed by atoms with Crippen LogP contribution in [0.2, 0.25) is 0 Å². The molecule has 3 heteroatoms. The molecule has 0 amide bonds. The standard InChI is InChI=1S/C12H17BrN2/c1-3-11-5-4-6-15(11)12-9(2)7-10(13)8-14-12/h7-8,11H,3-6H2,1-2H3. The van der Waals surface area contributed by atoms with Gasteiger partial charge in [0.2, 0.25) is 0 Å². The van der Waals surface area contributed by atoms with Crippen molar-refractivity contribution in [2.45, 2.75) is 39.2 Å². The smallest absolute Gasteiger partial charge is 0.131 e. The van der Waals surface area contributed by atoms with E-state index in [1.807, 2.05) is 6.20 Å². The number of anilines is 1. The Kier molecular flexibility index (Phi) is 3.29. The van der Waals surface area contributed by atoms with Gasteiger partial charge < -0.3 is 4.90 Å². The molecule has 2 heterocycles. The highest BCUT2D eigenvalue weighted by Gasteiger charge is 2.24. The normalized spacial score (nSPS) is 21.0. The van der Waals surface area contributed by atoms with Crippen LogP contribution in [0.25, 0.3) is 0 Å². The summed E-state index contributed by atoms with van der Waals surface area (Å²) in [6, 6.07) is 2.84. The first-order valence-corrected chi connectivity index (χ1v) is 6.40. The highest BCUT2D eigenvalue weighted by Crippen LogP contribution is 2.29. The summed E-state index contributed by atoms with van der Waals surface area (Å²) in [5.74, 6) is 1.17. The minimum atomic E-state index is 0.692. The summed E-state index contributed by atoms with van der Waals surface area (Å²) in [5.41, 5.74) is 1.27. The van der Waals surface area contributed by atoms with Crippen LogP contribution < -0.4 is 4.90 Å². The molecule has 0 spiro atoms. The van der Waals surface area contributed by atoms with Crippen LogP contribution in [0.15, 0.2) is 16.7 Å². The van der Waals surface area contributed by atoms with Crippen LogP contribution in [0, 0.1) is 6.92 Å². The van der Waals surface area contributed by atoms with Gasteiger partial charge in [-0.15, -0.1) is 0 Å². The molecule has 1 aliphatic heterocycles. The summed E-state index contributed by atoms with van der Waals surface area (Å²) in [7, 11) is 0. The highest BCUT2D eigenvalue weighted by molar-refractivity contribution is 9.10. The van der Waals surface area contributed by atoms with Crippen molar-refractivity contribution in [3.8, 4) is 0 Å². The van der Waals surface area contributed by atoms with Crippen LogP contribution in [-0.2, 0) is 0 Å². The molecule has 1 fully saturated rings. The second-order valence-corrected chi connectivity index (χ2v) is 5.11. The number of rotatable bonds is 2. The minimum absolute atomic E-state index is 0.692. The molecule has 1 unspecified atom stereocenters. The van der Waals surface area contributed by atoms with Gasteiger partial charge in [0.25, 0.3) is 0 Å². The summed E-state index contributed by atoms with van der Waals surface area (Å²) in [4.78, 5) is 7.00. The molecule has 2 nitrogen and oxygen atoms in total. The van der Waals surface area contributed by atoms with Gasteiger partial charge in [-0.2, -0.15) is 0 Å². The molecular weight excluding hydrogens is 252 g/mol. The molecule has 0 radical (unpaired) electrons. The Bertz CT molecular complexity index is 351. The van der Waals surface area contributed by atoms with E-state index in [-0.39, 0.29) is 0 Å². The third-order valence-electron chi connectivity index (χ3n) is 3.14. The molecule has 0 bridgehead atoms.